The number of aryl methyl sites for hydroxylation is 1. The monoisotopic (exact) mass is 371 g/mol. The Morgan fingerprint density at radius 1 is 1.29 bits per heavy atom. The van der Waals surface area contributed by atoms with Gasteiger partial charge in [-0.15, -0.1) is 0 Å². The van der Waals surface area contributed by atoms with Crippen LogP contribution in [0.3, 0.4) is 0 Å². The summed E-state index contributed by atoms with van der Waals surface area (Å²) in [6, 6.07) is 7.15. The fourth-order valence-electron chi connectivity index (χ4n) is 1.77. The highest BCUT2D eigenvalue weighted by molar-refractivity contribution is 9.10. The van der Waals surface area contributed by atoms with Crippen LogP contribution in [0.15, 0.2) is 46.0 Å². The van der Waals surface area contributed by atoms with Crippen molar-refractivity contribution in [2.45, 2.75) is 11.8 Å². The summed E-state index contributed by atoms with van der Waals surface area (Å²) >= 11 is 3.13. The lowest BCUT2D eigenvalue weighted by Crippen LogP contribution is -2.16. The normalized spacial score (nSPS) is 11.1. The zero-order chi connectivity index (χ0) is 15.6. The summed E-state index contributed by atoms with van der Waals surface area (Å²) in [5.41, 5.74) is 0.0464. The lowest BCUT2D eigenvalue weighted by Gasteiger charge is -2.10. The van der Waals surface area contributed by atoms with Crippen LogP contribution in [0, 0.1) is 17.0 Å². The number of benzene rings is 1. The zero-order valence-corrected chi connectivity index (χ0v) is 13.2. The predicted molar refractivity (Wildman–Crippen MR) is 80.6 cm³/mol. The Morgan fingerprint density at radius 2 is 2.00 bits per heavy atom. The number of halogens is 1. The first kappa shape index (κ1) is 15.4. The Morgan fingerprint density at radius 3 is 2.57 bits per heavy atom. The second kappa shape index (κ2) is 5.78. The van der Waals surface area contributed by atoms with Gasteiger partial charge in [0, 0.05) is 6.07 Å². The minimum atomic E-state index is -4.08. The first-order valence-electron chi connectivity index (χ1n) is 5.69. The Hall–Kier alpha value is -2.00. The summed E-state index contributed by atoms with van der Waals surface area (Å²) in [6.45, 7) is 1.50. The van der Waals surface area contributed by atoms with Crippen LogP contribution in [0.5, 0.6) is 0 Å². The van der Waals surface area contributed by atoms with E-state index in [4.69, 9.17) is 0 Å². The molecule has 7 nitrogen and oxygen atoms in total. The third-order valence-corrected chi connectivity index (χ3v) is 4.68. The van der Waals surface area contributed by atoms with Gasteiger partial charge in [0.25, 0.3) is 15.7 Å². The van der Waals surface area contributed by atoms with Crippen LogP contribution < -0.4 is 4.72 Å². The molecule has 1 aromatic carbocycles. The van der Waals surface area contributed by atoms with Crippen molar-refractivity contribution in [3.8, 4) is 0 Å². The number of nitro benzene ring substituents is 1. The third kappa shape index (κ3) is 3.37. The largest absolute Gasteiger partial charge is 0.290 e. The van der Waals surface area contributed by atoms with Gasteiger partial charge in [-0.25, -0.2) is 13.4 Å². The number of sulfonamides is 1. The topological polar surface area (TPSA) is 102 Å². The Kier molecular flexibility index (Phi) is 4.24. The molecule has 0 aliphatic heterocycles. The Labute approximate surface area is 129 Å². The first-order valence-corrected chi connectivity index (χ1v) is 7.97. The van der Waals surface area contributed by atoms with Crippen molar-refractivity contribution in [1.82, 2.24) is 4.98 Å². The highest BCUT2D eigenvalue weighted by Crippen LogP contribution is 2.28. The van der Waals surface area contributed by atoms with Gasteiger partial charge in [-0.05, 0) is 40.5 Å². The molecule has 0 saturated heterocycles. The number of aromatic nitrogens is 1. The standard InChI is InChI=1S/C12H10BrN3O4S/c1-8-3-2-4-10(16(17)18)12(8)21(19,20)15-9-5-6-11(13)14-7-9/h2-7,15H,1H3. The molecule has 0 bridgehead atoms. The maximum Gasteiger partial charge on any atom is 0.290 e. The van der Waals surface area contributed by atoms with E-state index in [9.17, 15) is 18.5 Å². The average molecular weight is 372 g/mol. The van der Waals surface area contributed by atoms with E-state index in [2.05, 4.69) is 25.6 Å². The van der Waals surface area contributed by atoms with Crippen LogP contribution in [0.25, 0.3) is 0 Å². The number of rotatable bonds is 4. The lowest BCUT2D eigenvalue weighted by atomic mass is 10.2. The van der Waals surface area contributed by atoms with Gasteiger partial charge < -0.3 is 0 Å². The Balaban J connectivity index is 2.49. The van der Waals surface area contributed by atoms with Crippen molar-refractivity contribution in [3.63, 3.8) is 0 Å². The molecule has 21 heavy (non-hydrogen) atoms. The minimum Gasteiger partial charge on any atom is -0.278 e. The van der Waals surface area contributed by atoms with E-state index in [0.29, 0.717) is 10.2 Å². The smallest absolute Gasteiger partial charge is 0.278 e. The minimum absolute atomic E-state index is 0.218. The SMILES string of the molecule is Cc1cccc([N+](=O)[O-])c1S(=O)(=O)Nc1ccc(Br)nc1. The second-order valence-electron chi connectivity index (χ2n) is 4.16. The molecule has 110 valence electrons. The maximum absolute atomic E-state index is 12.4. The van der Waals surface area contributed by atoms with E-state index in [-0.39, 0.29) is 10.6 Å². The molecule has 0 amide bonds. The van der Waals surface area contributed by atoms with Crippen molar-refractivity contribution in [2.24, 2.45) is 0 Å². The number of nitro groups is 1. The number of nitrogens with zero attached hydrogens (tertiary/aromatic N) is 2. The molecule has 2 aromatic rings. The van der Waals surface area contributed by atoms with Crippen molar-refractivity contribution in [3.05, 3.63) is 56.8 Å². The molecular weight excluding hydrogens is 362 g/mol. The highest BCUT2D eigenvalue weighted by Gasteiger charge is 2.27. The lowest BCUT2D eigenvalue weighted by molar-refractivity contribution is -0.387. The fraction of sp³-hybridized carbons (Fsp3) is 0.0833. The number of hydrogen-bond donors (Lipinski definition) is 1. The molecule has 0 fully saturated rings. The molecule has 9 heteroatoms. The van der Waals surface area contributed by atoms with E-state index < -0.39 is 20.6 Å². The quantitative estimate of drug-likeness (QED) is 0.505. The van der Waals surface area contributed by atoms with Gasteiger partial charge in [0.2, 0.25) is 0 Å². The average Bonchev–Trinajstić information content (AvgIpc) is 2.40. The van der Waals surface area contributed by atoms with Crippen molar-refractivity contribution >= 4 is 37.3 Å². The molecule has 1 N–H and O–H groups in total. The first-order chi connectivity index (χ1) is 9.81. The molecule has 0 atom stereocenters. The van der Waals surface area contributed by atoms with Gasteiger partial charge in [-0.3, -0.25) is 14.8 Å². The summed E-state index contributed by atoms with van der Waals surface area (Å²) in [5, 5.41) is 11.0. The maximum atomic E-state index is 12.4. The summed E-state index contributed by atoms with van der Waals surface area (Å²) in [5.74, 6) is 0. The van der Waals surface area contributed by atoms with Gasteiger partial charge in [-0.2, -0.15) is 0 Å². The van der Waals surface area contributed by atoms with E-state index in [1.54, 1.807) is 6.07 Å². The zero-order valence-electron chi connectivity index (χ0n) is 10.8. The van der Waals surface area contributed by atoms with Gasteiger partial charge >= 0.3 is 0 Å². The highest BCUT2D eigenvalue weighted by atomic mass is 79.9. The molecule has 0 radical (unpaired) electrons. The van der Waals surface area contributed by atoms with E-state index >= 15 is 0 Å². The fourth-order valence-corrected chi connectivity index (χ4v) is 3.45. The molecule has 0 spiro atoms. The molecule has 0 aliphatic rings. The molecule has 1 aromatic heterocycles. The van der Waals surface area contributed by atoms with Crippen LogP contribution in [0.4, 0.5) is 11.4 Å². The van der Waals surface area contributed by atoms with Crippen molar-refractivity contribution in [1.29, 1.82) is 0 Å². The number of pyridine rings is 1. The van der Waals surface area contributed by atoms with Crippen LogP contribution in [-0.4, -0.2) is 18.3 Å². The predicted octanol–water partition coefficient (Wildman–Crippen LogP) is 2.86. The molecule has 0 saturated carbocycles. The molecule has 2 rings (SSSR count). The van der Waals surface area contributed by atoms with Crippen molar-refractivity contribution in [2.75, 3.05) is 4.72 Å². The van der Waals surface area contributed by atoms with Crippen LogP contribution in [0.2, 0.25) is 0 Å². The van der Waals surface area contributed by atoms with E-state index in [1.807, 2.05) is 0 Å². The van der Waals surface area contributed by atoms with Crippen LogP contribution in [-0.2, 0) is 10.0 Å². The summed E-state index contributed by atoms with van der Waals surface area (Å²) in [7, 11) is -4.08. The Bertz CT molecular complexity index is 791. The number of anilines is 1. The number of hydrogen-bond acceptors (Lipinski definition) is 5. The van der Waals surface area contributed by atoms with Gasteiger partial charge in [0.15, 0.2) is 4.90 Å². The van der Waals surface area contributed by atoms with Crippen LogP contribution in [0.1, 0.15) is 5.56 Å². The molecular formula is C12H10BrN3O4S. The number of nitrogens with one attached hydrogen (secondary N) is 1. The van der Waals surface area contributed by atoms with Crippen LogP contribution >= 0.6 is 15.9 Å². The molecule has 0 aliphatic carbocycles. The van der Waals surface area contributed by atoms with Gasteiger partial charge in [-0.1, -0.05) is 12.1 Å². The van der Waals surface area contributed by atoms with E-state index in [0.717, 1.165) is 6.07 Å². The second-order valence-corrected chi connectivity index (χ2v) is 6.59. The van der Waals surface area contributed by atoms with Gasteiger partial charge in [0.05, 0.1) is 16.8 Å². The van der Waals surface area contributed by atoms with E-state index in [1.165, 1.54) is 31.3 Å². The summed E-state index contributed by atoms with van der Waals surface area (Å²) in [6.07, 6.45) is 1.31. The summed E-state index contributed by atoms with van der Waals surface area (Å²) in [4.78, 5) is 13.8. The molecule has 1 heterocycles. The van der Waals surface area contributed by atoms with Crippen molar-refractivity contribution < 1.29 is 13.3 Å². The third-order valence-electron chi connectivity index (χ3n) is 2.64. The van der Waals surface area contributed by atoms with Gasteiger partial charge in [0.1, 0.15) is 4.60 Å². The molecule has 0 unspecified atom stereocenters. The summed E-state index contributed by atoms with van der Waals surface area (Å²) < 4.78 is 27.6.